The Bertz CT molecular complexity index is 493. The monoisotopic (exact) mass is 242 g/mol. The SMILES string of the molecule is CCCCC(C)NCc1ccc2ncccc2c1. The van der Waals surface area contributed by atoms with Gasteiger partial charge in [-0.25, -0.2) is 0 Å². The molecule has 0 bridgehead atoms. The van der Waals surface area contributed by atoms with Crippen LogP contribution in [-0.2, 0) is 6.54 Å². The van der Waals surface area contributed by atoms with Crippen LogP contribution < -0.4 is 5.32 Å². The van der Waals surface area contributed by atoms with Crippen molar-refractivity contribution in [2.45, 2.75) is 45.7 Å². The zero-order valence-corrected chi connectivity index (χ0v) is 11.3. The van der Waals surface area contributed by atoms with Crippen molar-refractivity contribution in [2.75, 3.05) is 0 Å². The summed E-state index contributed by atoms with van der Waals surface area (Å²) in [5.41, 5.74) is 2.40. The fourth-order valence-corrected chi connectivity index (χ4v) is 2.14. The highest BCUT2D eigenvalue weighted by molar-refractivity contribution is 5.78. The van der Waals surface area contributed by atoms with Crippen molar-refractivity contribution in [2.24, 2.45) is 0 Å². The second-order valence-electron chi connectivity index (χ2n) is 4.95. The van der Waals surface area contributed by atoms with E-state index in [9.17, 15) is 0 Å². The molecule has 2 rings (SSSR count). The van der Waals surface area contributed by atoms with Gasteiger partial charge in [0.25, 0.3) is 0 Å². The second-order valence-corrected chi connectivity index (χ2v) is 4.95. The first-order valence-electron chi connectivity index (χ1n) is 6.86. The van der Waals surface area contributed by atoms with E-state index in [4.69, 9.17) is 0 Å². The molecule has 0 amide bonds. The summed E-state index contributed by atoms with van der Waals surface area (Å²) < 4.78 is 0. The fourth-order valence-electron chi connectivity index (χ4n) is 2.14. The molecule has 1 N–H and O–H groups in total. The molecule has 0 saturated carbocycles. The van der Waals surface area contributed by atoms with Gasteiger partial charge in [0.1, 0.15) is 0 Å². The number of rotatable bonds is 6. The van der Waals surface area contributed by atoms with E-state index in [1.807, 2.05) is 12.3 Å². The first-order valence-corrected chi connectivity index (χ1v) is 6.86. The minimum Gasteiger partial charge on any atom is -0.310 e. The van der Waals surface area contributed by atoms with Gasteiger partial charge in [0.15, 0.2) is 0 Å². The van der Waals surface area contributed by atoms with Crippen LogP contribution in [-0.4, -0.2) is 11.0 Å². The summed E-state index contributed by atoms with van der Waals surface area (Å²) in [7, 11) is 0. The molecule has 18 heavy (non-hydrogen) atoms. The summed E-state index contributed by atoms with van der Waals surface area (Å²) >= 11 is 0. The third-order valence-corrected chi connectivity index (χ3v) is 3.31. The molecule has 0 aliphatic carbocycles. The number of fused-ring (bicyclic) bond motifs is 1. The Hall–Kier alpha value is -1.41. The van der Waals surface area contributed by atoms with Crippen molar-refractivity contribution >= 4 is 10.9 Å². The zero-order valence-electron chi connectivity index (χ0n) is 11.3. The van der Waals surface area contributed by atoms with Gasteiger partial charge in [0.2, 0.25) is 0 Å². The average molecular weight is 242 g/mol. The van der Waals surface area contributed by atoms with Crippen LogP contribution in [0.5, 0.6) is 0 Å². The molecule has 1 atom stereocenters. The Morgan fingerprint density at radius 2 is 2.17 bits per heavy atom. The van der Waals surface area contributed by atoms with Gasteiger partial charge in [-0.15, -0.1) is 0 Å². The molecule has 96 valence electrons. The molecule has 1 aromatic heterocycles. The third-order valence-electron chi connectivity index (χ3n) is 3.31. The molecule has 0 radical (unpaired) electrons. The summed E-state index contributed by atoms with van der Waals surface area (Å²) in [6.45, 7) is 5.44. The predicted octanol–water partition coefficient (Wildman–Crippen LogP) is 3.90. The van der Waals surface area contributed by atoms with Gasteiger partial charge >= 0.3 is 0 Å². The van der Waals surface area contributed by atoms with Gasteiger partial charge in [0, 0.05) is 24.2 Å². The Kier molecular flexibility index (Phi) is 4.71. The van der Waals surface area contributed by atoms with Gasteiger partial charge < -0.3 is 5.32 Å². The minimum absolute atomic E-state index is 0.592. The lowest BCUT2D eigenvalue weighted by molar-refractivity contribution is 0.495. The van der Waals surface area contributed by atoms with Crippen LogP contribution in [0.4, 0.5) is 0 Å². The first kappa shape index (κ1) is 13.0. The number of pyridine rings is 1. The molecule has 0 aliphatic heterocycles. The van der Waals surface area contributed by atoms with Crippen LogP contribution in [0.25, 0.3) is 10.9 Å². The molecular weight excluding hydrogens is 220 g/mol. The van der Waals surface area contributed by atoms with E-state index in [1.54, 1.807) is 0 Å². The van der Waals surface area contributed by atoms with E-state index < -0.39 is 0 Å². The van der Waals surface area contributed by atoms with Crippen LogP contribution in [0.15, 0.2) is 36.5 Å². The van der Waals surface area contributed by atoms with Crippen molar-refractivity contribution in [3.63, 3.8) is 0 Å². The highest BCUT2D eigenvalue weighted by Crippen LogP contribution is 2.13. The van der Waals surface area contributed by atoms with Gasteiger partial charge in [-0.05, 0) is 37.1 Å². The Labute approximate surface area is 109 Å². The minimum atomic E-state index is 0.592. The zero-order chi connectivity index (χ0) is 12.8. The van der Waals surface area contributed by atoms with Crippen molar-refractivity contribution in [1.82, 2.24) is 10.3 Å². The van der Waals surface area contributed by atoms with E-state index in [-0.39, 0.29) is 0 Å². The predicted molar refractivity (Wildman–Crippen MR) is 77.6 cm³/mol. The molecule has 2 nitrogen and oxygen atoms in total. The summed E-state index contributed by atoms with van der Waals surface area (Å²) in [4.78, 5) is 4.34. The molecule has 0 aliphatic rings. The highest BCUT2D eigenvalue weighted by Gasteiger charge is 2.01. The van der Waals surface area contributed by atoms with Crippen molar-refractivity contribution < 1.29 is 0 Å². The summed E-state index contributed by atoms with van der Waals surface area (Å²) in [6.07, 6.45) is 5.67. The van der Waals surface area contributed by atoms with Crippen molar-refractivity contribution in [3.05, 3.63) is 42.1 Å². The van der Waals surface area contributed by atoms with Crippen LogP contribution in [0, 0.1) is 0 Å². The largest absolute Gasteiger partial charge is 0.310 e. The van der Waals surface area contributed by atoms with E-state index >= 15 is 0 Å². The van der Waals surface area contributed by atoms with E-state index in [0.29, 0.717) is 6.04 Å². The van der Waals surface area contributed by atoms with E-state index in [1.165, 1.54) is 30.2 Å². The lowest BCUT2D eigenvalue weighted by Gasteiger charge is -2.13. The first-order chi connectivity index (χ1) is 8.79. The average Bonchev–Trinajstić information content (AvgIpc) is 2.42. The van der Waals surface area contributed by atoms with Gasteiger partial charge in [-0.3, -0.25) is 4.98 Å². The van der Waals surface area contributed by atoms with Crippen molar-refractivity contribution in [3.8, 4) is 0 Å². The number of hydrogen-bond acceptors (Lipinski definition) is 2. The lowest BCUT2D eigenvalue weighted by Crippen LogP contribution is -2.25. The molecule has 0 fully saturated rings. The van der Waals surface area contributed by atoms with E-state index in [2.05, 4.69) is 48.4 Å². The highest BCUT2D eigenvalue weighted by atomic mass is 14.9. The molecule has 1 unspecified atom stereocenters. The Balaban J connectivity index is 1.95. The third kappa shape index (κ3) is 3.54. The molecule has 1 heterocycles. The standard InChI is InChI=1S/C16H22N2/c1-3-4-6-13(2)18-12-14-8-9-16-15(11-14)7-5-10-17-16/h5,7-11,13,18H,3-4,6,12H2,1-2H3. The lowest BCUT2D eigenvalue weighted by atomic mass is 10.1. The van der Waals surface area contributed by atoms with Crippen LogP contribution >= 0.6 is 0 Å². The number of nitrogens with one attached hydrogen (secondary N) is 1. The maximum atomic E-state index is 4.34. The van der Waals surface area contributed by atoms with Gasteiger partial charge in [-0.1, -0.05) is 31.9 Å². The second kappa shape index (κ2) is 6.50. The molecule has 1 aromatic carbocycles. The smallest absolute Gasteiger partial charge is 0.0702 e. The van der Waals surface area contributed by atoms with Gasteiger partial charge in [-0.2, -0.15) is 0 Å². The number of hydrogen-bond donors (Lipinski definition) is 1. The quantitative estimate of drug-likeness (QED) is 0.831. The summed E-state index contributed by atoms with van der Waals surface area (Å²) in [6, 6.07) is 11.2. The van der Waals surface area contributed by atoms with Crippen molar-refractivity contribution in [1.29, 1.82) is 0 Å². The summed E-state index contributed by atoms with van der Waals surface area (Å²) in [5, 5.41) is 4.80. The molecule has 2 aromatic rings. The number of unbranched alkanes of at least 4 members (excludes halogenated alkanes) is 1. The van der Waals surface area contributed by atoms with Crippen LogP contribution in [0.1, 0.15) is 38.7 Å². The normalized spacial score (nSPS) is 12.8. The van der Waals surface area contributed by atoms with Gasteiger partial charge in [0.05, 0.1) is 5.52 Å². The number of benzene rings is 1. The topological polar surface area (TPSA) is 24.9 Å². The fraction of sp³-hybridized carbons (Fsp3) is 0.438. The van der Waals surface area contributed by atoms with E-state index in [0.717, 1.165) is 12.1 Å². The Morgan fingerprint density at radius 3 is 3.00 bits per heavy atom. The van der Waals surface area contributed by atoms with Crippen LogP contribution in [0.2, 0.25) is 0 Å². The molecule has 2 heteroatoms. The Morgan fingerprint density at radius 1 is 1.28 bits per heavy atom. The maximum Gasteiger partial charge on any atom is 0.0702 e. The molecule has 0 saturated heterocycles. The van der Waals surface area contributed by atoms with Crippen LogP contribution in [0.3, 0.4) is 0 Å². The maximum absolute atomic E-state index is 4.34. The molecule has 0 spiro atoms. The number of nitrogens with zero attached hydrogens (tertiary/aromatic N) is 1. The summed E-state index contributed by atoms with van der Waals surface area (Å²) in [5.74, 6) is 0. The number of aromatic nitrogens is 1. The molecular formula is C16H22N2.